The highest BCUT2D eigenvalue weighted by atomic mass is 16.5. The van der Waals surface area contributed by atoms with Crippen molar-refractivity contribution in [3.05, 3.63) is 24.5 Å². The van der Waals surface area contributed by atoms with E-state index in [-0.39, 0.29) is 0 Å². The Bertz CT molecular complexity index is 82.2. The molecule has 0 atom stereocenters. The van der Waals surface area contributed by atoms with E-state index in [0.29, 0.717) is 0 Å². The van der Waals surface area contributed by atoms with Crippen LogP contribution in [0.5, 0.6) is 0 Å². The van der Waals surface area contributed by atoms with Gasteiger partial charge in [0.05, 0.1) is 13.4 Å². The zero-order valence-electron chi connectivity index (χ0n) is 4.77. The van der Waals surface area contributed by atoms with Crippen molar-refractivity contribution in [2.75, 3.05) is 7.11 Å². The minimum absolute atomic E-state index is 1.00. The molecule has 0 spiro atoms. The van der Waals surface area contributed by atoms with Crippen molar-refractivity contribution in [2.45, 2.75) is 6.92 Å². The van der Waals surface area contributed by atoms with Crippen molar-refractivity contribution in [1.29, 1.82) is 0 Å². The number of allylic oxidation sites excluding steroid dienone is 2. The van der Waals surface area contributed by atoms with Gasteiger partial charge < -0.3 is 4.74 Å². The van der Waals surface area contributed by atoms with E-state index >= 15 is 0 Å². The van der Waals surface area contributed by atoms with Crippen molar-refractivity contribution >= 4 is 0 Å². The highest BCUT2D eigenvalue weighted by Crippen LogP contribution is 1.86. The van der Waals surface area contributed by atoms with E-state index in [1.807, 2.05) is 6.92 Å². The van der Waals surface area contributed by atoms with Gasteiger partial charge in [-0.05, 0) is 13.0 Å². The molecule has 0 saturated carbocycles. The summed E-state index contributed by atoms with van der Waals surface area (Å²) >= 11 is 0. The number of rotatable bonds is 2. The fourth-order valence-electron chi connectivity index (χ4n) is 0.184. The minimum atomic E-state index is 1.00. The lowest BCUT2D eigenvalue weighted by molar-refractivity contribution is 0.338. The lowest BCUT2D eigenvalue weighted by atomic mass is 10.4. The maximum Gasteiger partial charge on any atom is 0.0827 e. The minimum Gasteiger partial charge on any atom is -0.504 e. The highest BCUT2D eigenvalue weighted by Gasteiger charge is 1.67. The molecule has 0 aromatic carbocycles. The zero-order chi connectivity index (χ0) is 5.70. The molecule has 0 aromatic rings. The quantitative estimate of drug-likeness (QED) is 0.377. The second-order valence-corrected chi connectivity index (χ2v) is 1.38. The van der Waals surface area contributed by atoms with Gasteiger partial charge >= 0.3 is 0 Å². The van der Waals surface area contributed by atoms with Crippen LogP contribution in [0, 0.1) is 0 Å². The van der Waals surface area contributed by atoms with Gasteiger partial charge in [-0.1, -0.05) is 12.2 Å². The Morgan fingerprint density at radius 2 is 2.29 bits per heavy atom. The molecule has 0 aliphatic rings. The van der Waals surface area contributed by atoms with Gasteiger partial charge in [-0.15, -0.1) is 0 Å². The summed E-state index contributed by atoms with van der Waals surface area (Å²) in [4.78, 5) is 0. The van der Waals surface area contributed by atoms with Crippen LogP contribution < -0.4 is 0 Å². The molecule has 1 heteroatoms. The normalized spacial score (nSPS) is 9.43. The maximum absolute atomic E-state index is 4.61. The first-order chi connectivity index (χ1) is 3.27. The Kier molecular flexibility index (Phi) is 3.11. The molecule has 0 aliphatic heterocycles. The van der Waals surface area contributed by atoms with Gasteiger partial charge in [0.15, 0.2) is 0 Å². The van der Waals surface area contributed by atoms with E-state index in [1.165, 1.54) is 0 Å². The molecule has 0 unspecified atom stereocenters. The van der Waals surface area contributed by atoms with Crippen LogP contribution in [0.3, 0.4) is 0 Å². The van der Waals surface area contributed by atoms with Crippen LogP contribution in [0.1, 0.15) is 6.92 Å². The summed E-state index contributed by atoms with van der Waals surface area (Å²) in [5, 5.41) is 0. The summed E-state index contributed by atoms with van der Waals surface area (Å²) in [7, 11) is 1.61. The first-order valence-corrected chi connectivity index (χ1v) is 2.12. The van der Waals surface area contributed by atoms with Gasteiger partial charge in [-0.25, -0.2) is 0 Å². The molecule has 40 valence electrons. The van der Waals surface area contributed by atoms with Crippen LogP contribution in [0.2, 0.25) is 0 Å². The van der Waals surface area contributed by atoms with Gasteiger partial charge in [-0.2, -0.15) is 0 Å². The number of hydrogen-bond acceptors (Lipinski definition) is 1. The van der Waals surface area contributed by atoms with Crippen molar-refractivity contribution in [3.63, 3.8) is 0 Å². The molecule has 0 heterocycles. The number of ether oxygens (including phenoxy) is 1. The smallest absolute Gasteiger partial charge is 0.0827 e. The first-order valence-electron chi connectivity index (χ1n) is 2.12. The van der Waals surface area contributed by atoms with E-state index in [0.717, 1.165) is 5.57 Å². The average Bonchev–Trinajstić information content (AvgIpc) is 1.61. The highest BCUT2D eigenvalue weighted by molar-refractivity contribution is 5.08. The molecule has 0 radical (unpaired) electrons. The summed E-state index contributed by atoms with van der Waals surface area (Å²) in [6, 6.07) is 0. The molecular weight excluding hydrogens is 88.1 g/mol. The summed E-state index contributed by atoms with van der Waals surface area (Å²) < 4.78 is 4.61. The topological polar surface area (TPSA) is 9.23 Å². The zero-order valence-corrected chi connectivity index (χ0v) is 4.77. The first kappa shape index (κ1) is 6.28. The SMILES string of the molecule is C=C(C)/C=C/OC. The van der Waals surface area contributed by atoms with Crippen molar-refractivity contribution in [3.8, 4) is 0 Å². The molecule has 0 bridgehead atoms. The Hall–Kier alpha value is -0.720. The van der Waals surface area contributed by atoms with Gasteiger partial charge in [-0.3, -0.25) is 0 Å². The molecule has 0 rings (SSSR count). The lowest BCUT2D eigenvalue weighted by Gasteiger charge is -1.83. The van der Waals surface area contributed by atoms with E-state index < -0.39 is 0 Å². The predicted molar refractivity (Wildman–Crippen MR) is 31.0 cm³/mol. The van der Waals surface area contributed by atoms with E-state index in [2.05, 4.69) is 11.3 Å². The van der Waals surface area contributed by atoms with E-state index in [9.17, 15) is 0 Å². The second kappa shape index (κ2) is 3.47. The van der Waals surface area contributed by atoms with E-state index in [1.54, 1.807) is 19.4 Å². The Morgan fingerprint density at radius 3 is 2.43 bits per heavy atom. The van der Waals surface area contributed by atoms with Gasteiger partial charge in [0.2, 0.25) is 0 Å². The van der Waals surface area contributed by atoms with Gasteiger partial charge in [0.1, 0.15) is 0 Å². The molecule has 0 aliphatic carbocycles. The monoisotopic (exact) mass is 98.1 g/mol. The molecule has 0 amide bonds. The summed E-state index contributed by atoms with van der Waals surface area (Å²) in [6.45, 7) is 5.54. The number of hydrogen-bond donors (Lipinski definition) is 0. The maximum atomic E-state index is 4.61. The van der Waals surface area contributed by atoms with E-state index in [4.69, 9.17) is 0 Å². The number of methoxy groups -OCH3 is 1. The summed E-state index contributed by atoms with van der Waals surface area (Å²) in [5.74, 6) is 0. The average molecular weight is 98.1 g/mol. The molecular formula is C6H10O. The fraction of sp³-hybridized carbons (Fsp3) is 0.333. The van der Waals surface area contributed by atoms with Crippen molar-refractivity contribution in [1.82, 2.24) is 0 Å². The van der Waals surface area contributed by atoms with Crippen LogP contribution >= 0.6 is 0 Å². The third-order valence-electron chi connectivity index (χ3n) is 0.489. The summed E-state index contributed by atoms with van der Waals surface area (Å²) in [5.41, 5.74) is 1.00. The lowest BCUT2D eigenvalue weighted by Crippen LogP contribution is -1.64. The van der Waals surface area contributed by atoms with Gasteiger partial charge in [0.25, 0.3) is 0 Å². The van der Waals surface area contributed by atoms with Crippen LogP contribution in [-0.4, -0.2) is 7.11 Å². The Balaban J connectivity index is 3.26. The van der Waals surface area contributed by atoms with Crippen LogP contribution in [0.15, 0.2) is 24.5 Å². The standard InChI is InChI=1S/C6H10O/c1-6(2)4-5-7-3/h4-5H,1H2,2-3H3/b5-4+. The van der Waals surface area contributed by atoms with Crippen LogP contribution in [0.4, 0.5) is 0 Å². The van der Waals surface area contributed by atoms with Crippen LogP contribution in [-0.2, 0) is 4.74 Å². The fourth-order valence-corrected chi connectivity index (χ4v) is 0.184. The molecule has 7 heavy (non-hydrogen) atoms. The second-order valence-electron chi connectivity index (χ2n) is 1.38. The molecule has 0 N–H and O–H groups in total. The summed E-state index contributed by atoms with van der Waals surface area (Å²) in [6.07, 6.45) is 3.41. The molecule has 0 saturated heterocycles. The molecule has 1 nitrogen and oxygen atoms in total. The van der Waals surface area contributed by atoms with Crippen LogP contribution in [0.25, 0.3) is 0 Å². The van der Waals surface area contributed by atoms with Crippen molar-refractivity contribution in [2.24, 2.45) is 0 Å². The largest absolute Gasteiger partial charge is 0.504 e. The molecule has 0 fully saturated rings. The Labute approximate surface area is 44.3 Å². The van der Waals surface area contributed by atoms with Crippen molar-refractivity contribution < 1.29 is 4.74 Å². The third-order valence-corrected chi connectivity index (χ3v) is 0.489. The third kappa shape index (κ3) is 5.28. The molecule has 0 aromatic heterocycles. The Morgan fingerprint density at radius 1 is 1.71 bits per heavy atom. The van der Waals surface area contributed by atoms with Gasteiger partial charge in [0, 0.05) is 0 Å². The predicted octanol–water partition coefficient (Wildman–Crippen LogP) is 1.72.